The first-order valence-electron chi connectivity index (χ1n) is 9.08. The number of carboxylic acid groups (broad SMARTS) is 1. The summed E-state index contributed by atoms with van der Waals surface area (Å²) < 4.78 is 20.2. The molecule has 32 heavy (non-hydrogen) atoms. The van der Waals surface area contributed by atoms with Crippen molar-refractivity contribution in [3.05, 3.63) is 57.3 Å². The van der Waals surface area contributed by atoms with Gasteiger partial charge in [0.05, 0.1) is 23.2 Å². The first kappa shape index (κ1) is 22.7. The van der Waals surface area contributed by atoms with E-state index in [-0.39, 0.29) is 10.8 Å². The van der Waals surface area contributed by atoms with Gasteiger partial charge in [0.2, 0.25) is 5.91 Å². The number of hydrogen-bond donors (Lipinski definition) is 4. The highest BCUT2D eigenvalue weighted by molar-refractivity contribution is 6.34. The highest BCUT2D eigenvalue weighted by Gasteiger charge is 2.25. The van der Waals surface area contributed by atoms with Crippen molar-refractivity contribution >= 4 is 40.5 Å². The molecule has 0 bridgehead atoms. The quantitative estimate of drug-likeness (QED) is 0.378. The highest BCUT2D eigenvalue weighted by atomic mass is 35.5. The number of pyridine rings is 1. The van der Waals surface area contributed by atoms with Gasteiger partial charge in [0.15, 0.2) is 5.65 Å². The molecule has 1 atom stereocenters. The Morgan fingerprint density at radius 1 is 1.38 bits per heavy atom. The van der Waals surface area contributed by atoms with Gasteiger partial charge in [-0.2, -0.15) is 0 Å². The molecule has 1 aromatic carbocycles. The van der Waals surface area contributed by atoms with E-state index in [4.69, 9.17) is 16.3 Å². The number of carboxylic acids is 1. The Kier molecular flexibility index (Phi) is 6.73. The van der Waals surface area contributed by atoms with Gasteiger partial charge < -0.3 is 20.5 Å². The van der Waals surface area contributed by atoms with Crippen LogP contribution in [-0.2, 0) is 16.1 Å². The van der Waals surface area contributed by atoms with E-state index in [0.717, 1.165) is 10.6 Å². The molecule has 2 aromatic heterocycles. The van der Waals surface area contributed by atoms with Crippen LogP contribution in [0.5, 0.6) is 5.75 Å². The number of H-pyrrole nitrogens is 1. The number of halogens is 2. The van der Waals surface area contributed by atoms with E-state index in [1.807, 2.05) is 0 Å². The number of aliphatic carboxylic acids is 1. The SMILES string of the molecule is COc1cc(F)c(C(=O)N[C@@H](CNC(=O)Cn2c(=O)[nH]c3ncccc32)C(=O)O)c(Cl)c1. The van der Waals surface area contributed by atoms with Crippen LogP contribution < -0.4 is 21.1 Å². The Bertz CT molecular complexity index is 1230. The largest absolute Gasteiger partial charge is 0.497 e. The molecule has 168 valence electrons. The zero-order valence-corrected chi connectivity index (χ0v) is 17.3. The zero-order valence-electron chi connectivity index (χ0n) is 16.5. The number of benzene rings is 1. The van der Waals surface area contributed by atoms with E-state index in [1.54, 1.807) is 12.1 Å². The summed E-state index contributed by atoms with van der Waals surface area (Å²) >= 11 is 5.90. The fraction of sp³-hybridized carbons (Fsp3) is 0.211. The lowest BCUT2D eigenvalue weighted by Crippen LogP contribution is -2.49. The summed E-state index contributed by atoms with van der Waals surface area (Å²) in [4.78, 5) is 54.6. The maximum absolute atomic E-state index is 14.2. The summed E-state index contributed by atoms with van der Waals surface area (Å²) in [6, 6.07) is 3.70. The summed E-state index contributed by atoms with van der Waals surface area (Å²) in [5.74, 6) is -4.18. The fourth-order valence-corrected chi connectivity index (χ4v) is 3.16. The summed E-state index contributed by atoms with van der Waals surface area (Å²) in [6.45, 7) is -0.936. The Morgan fingerprint density at radius 3 is 2.78 bits per heavy atom. The van der Waals surface area contributed by atoms with E-state index in [9.17, 15) is 28.7 Å². The third-order valence-electron chi connectivity index (χ3n) is 4.43. The normalized spacial score (nSPS) is 11.7. The summed E-state index contributed by atoms with van der Waals surface area (Å²) in [5.41, 5.74) is -0.454. The van der Waals surface area contributed by atoms with Crippen LogP contribution in [0.1, 0.15) is 10.4 Å². The Balaban J connectivity index is 1.67. The zero-order chi connectivity index (χ0) is 23.4. The number of carbonyl (C=O) groups is 3. The van der Waals surface area contributed by atoms with Crippen molar-refractivity contribution in [2.45, 2.75) is 12.6 Å². The fourth-order valence-electron chi connectivity index (χ4n) is 2.88. The van der Waals surface area contributed by atoms with Crippen molar-refractivity contribution in [3.63, 3.8) is 0 Å². The number of imidazole rings is 1. The number of fused-ring (bicyclic) bond motifs is 1. The van der Waals surface area contributed by atoms with E-state index < -0.39 is 54.0 Å². The second-order valence-corrected chi connectivity index (χ2v) is 6.93. The van der Waals surface area contributed by atoms with Crippen LogP contribution in [0.4, 0.5) is 4.39 Å². The van der Waals surface area contributed by atoms with Gasteiger partial charge in [0.25, 0.3) is 5.91 Å². The minimum atomic E-state index is -1.59. The van der Waals surface area contributed by atoms with Crippen LogP contribution in [0, 0.1) is 5.82 Å². The maximum Gasteiger partial charge on any atom is 0.328 e. The average molecular weight is 466 g/mol. The first-order chi connectivity index (χ1) is 15.2. The molecule has 0 unspecified atom stereocenters. The van der Waals surface area contributed by atoms with Crippen molar-refractivity contribution in [3.8, 4) is 5.75 Å². The molecule has 2 amide bonds. The number of hydrogen-bond acceptors (Lipinski definition) is 6. The molecule has 0 spiro atoms. The highest BCUT2D eigenvalue weighted by Crippen LogP contribution is 2.25. The van der Waals surface area contributed by atoms with Gasteiger partial charge in [-0.25, -0.2) is 19.0 Å². The van der Waals surface area contributed by atoms with Gasteiger partial charge in [-0.3, -0.25) is 19.1 Å². The molecule has 0 aliphatic carbocycles. The van der Waals surface area contributed by atoms with Crippen molar-refractivity contribution in [1.29, 1.82) is 0 Å². The number of nitrogens with zero attached hydrogens (tertiary/aromatic N) is 2. The van der Waals surface area contributed by atoms with Gasteiger partial charge in [0, 0.05) is 18.8 Å². The third-order valence-corrected chi connectivity index (χ3v) is 4.73. The smallest absolute Gasteiger partial charge is 0.328 e. The van der Waals surface area contributed by atoms with Crippen molar-refractivity contribution in [2.24, 2.45) is 0 Å². The molecule has 0 radical (unpaired) electrons. The van der Waals surface area contributed by atoms with Crippen molar-refractivity contribution in [2.75, 3.05) is 13.7 Å². The Hall–Kier alpha value is -3.93. The number of methoxy groups -OCH3 is 1. The van der Waals surface area contributed by atoms with Crippen LogP contribution in [0.25, 0.3) is 11.2 Å². The molecule has 0 saturated carbocycles. The van der Waals surface area contributed by atoms with Crippen LogP contribution in [0.3, 0.4) is 0 Å². The van der Waals surface area contributed by atoms with Crippen molar-refractivity contribution < 1.29 is 28.6 Å². The molecule has 0 fully saturated rings. The number of carbonyl (C=O) groups excluding carboxylic acids is 2. The summed E-state index contributed by atoms with van der Waals surface area (Å²) in [5, 5.41) is 13.5. The number of amides is 2. The van der Waals surface area contributed by atoms with Gasteiger partial charge in [-0.1, -0.05) is 11.6 Å². The second-order valence-electron chi connectivity index (χ2n) is 6.52. The van der Waals surface area contributed by atoms with Gasteiger partial charge >= 0.3 is 11.7 Å². The van der Waals surface area contributed by atoms with Gasteiger partial charge in [-0.15, -0.1) is 0 Å². The van der Waals surface area contributed by atoms with Gasteiger partial charge in [0.1, 0.15) is 24.2 Å². The topological polar surface area (TPSA) is 155 Å². The van der Waals surface area contributed by atoms with Crippen LogP contribution >= 0.6 is 11.6 Å². The minimum Gasteiger partial charge on any atom is -0.497 e. The standard InChI is InChI=1S/C19H17ClFN5O6/c1-32-9-5-10(20)15(11(21)6-9)17(28)24-12(18(29)30)7-23-14(27)8-26-13-3-2-4-22-16(13)25-19(26)31/h2-6,12H,7-8H2,1H3,(H,23,27)(H,24,28)(H,29,30)(H,22,25,31)/t12-/m0/s1. The molecule has 0 saturated heterocycles. The number of aromatic amines is 1. The molecule has 2 heterocycles. The molecule has 13 heteroatoms. The maximum atomic E-state index is 14.2. The van der Waals surface area contributed by atoms with Crippen LogP contribution in [0.2, 0.25) is 5.02 Å². The van der Waals surface area contributed by atoms with E-state index >= 15 is 0 Å². The molecular formula is C19H17ClFN5O6. The molecule has 0 aliphatic rings. The van der Waals surface area contributed by atoms with Crippen molar-refractivity contribution in [1.82, 2.24) is 25.2 Å². The lowest BCUT2D eigenvalue weighted by Gasteiger charge is -2.16. The Labute approximate surface area is 184 Å². The molecule has 3 aromatic rings. The second kappa shape index (κ2) is 9.47. The van der Waals surface area contributed by atoms with E-state index in [0.29, 0.717) is 11.2 Å². The molecule has 0 aliphatic heterocycles. The number of nitrogens with one attached hydrogen (secondary N) is 3. The molecular weight excluding hydrogens is 449 g/mol. The monoisotopic (exact) mass is 465 g/mol. The van der Waals surface area contributed by atoms with Crippen LogP contribution in [0.15, 0.2) is 35.3 Å². The summed E-state index contributed by atoms with van der Waals surface area (Å²) in [6.07, 6.45) is 1.47. The number of aromatic nitrogens is 3. The first-order valence-corrected chi connectivity index (χ1v) is 9.46. The van der Waals surface area contributed by atoms with Crippen LogP contribution in [-0.4, -0.2) is 57.1 Å². The Morgan fingerprint density at radius 2 is 2.12 bits per heavy atom. The third kappa shape index (κ3) is 4.86. The lowest BCUT2D eigenvalue weighted by atomic mass is 10.1. The number of rotatable bonds is 8. The lowest BCUT2D eigenvalue weighted by molar-refractivity contribution is -0.139. The van der Waals surface area contributed by atoms with E-state index in [1.165, 1.54) is 19.4 Å². The summed E-state index contributed by atoms with van der Waals surface area (Å²) in [7, 11) is 1.29. The number of ether oxygens (including phenoxy) is 1. The van der Waals surface area contributed by atoms with Gasteiger partial charge in [-0.05, 0) is 18.2 Å². The average Bonchev–Trinajstić information content (AvgIpc) is 3.05. The molecule has 4 N–H and O–H groups in total. The minimum absolute atomic E-state index is 0.0776. The molecule has 3 rings (SSSR count). The molecule has 11 nitrogen and oxygen atoms in total. The predicted molar refractivity (Wildman–Crippen MR) is 110 cm³/mol. The van der Waals surface area contributed by atoms with E-state index in [2.05, 4.69) is 20.6 Å². The predicted octanol–water partition coefficient (Wildman–Crippen LogP) is 0.525.